The van der Waals surface area contributed by atoms with Crippen molar-refractivity contribution in [2.75, 3.05) is 13.2 Å². The minimum atomic E-state index is -0.764. The molecule has 0 aromatic heterocycles. The molecule has 22 heavy (non-hydrogen) atoms. The van der Waals surface area contributed by atoms with E-state index in [-0.39, 0.29) is 12.6 Å². The molecule has 2 heterocycles. The average Bonchev–Trinajstić information content (AvgIpc) is 3.11. The van der Waals surface area contributed by atoms with Crippen molar-refractivity contribution in [3.63, 3.8) is 0 Å². The number of carbonyl (C=O) groups excluding carboxylic acids is 3. The Morgan fingerprint density at radius 1 is 1.18 bits per heavy atom. The summed E-state index contributed by atoms with van der Waals surface area (Å²) in [7, 11) is 0. The monoisotopic (exact) mass is 302 g/mol. The topological polar surface area (TPSA) is 66.9 Å². The van der Waals surface area contributed by atoms with Crippen LogP contribution in [-0.4, -0.2) is 46.9 Å². The van der Waals surface area contributed by atoms with Gasteiger partial charge in [-0.2, -0.15) is 0 Å². The lowest BCUT2D eigenvalue weighted by Gasteiger charge is -2.23. The standard InChI is InChI=1S/C16H18N2O4/c1-11(12-6-3-2-4-7-12)18-15(20)14(19)17(16(18)21)10-13-8-5-9-22-13/h2-4,6-7,11,13H,5,8-10H2,1H3. The summed E-state index contributed by atoms with van der Waals surface area (Å²) in [6, 6.07) is 8.17. The molecular formula is C16H18N2O4. The van der Waals surface area contributed by atoms with Crippen LogP contribution in [0.5, 0.6) is 0 Å². The van der Waals surface area contributed by atoms with E-state index < -0.39 is 23.9 Å². The summed E-state index contributed by atoms with van der Waals surface area (Å²) in [4.78, 5) is 38.8. The summed E-state index contributed by atoms with van der Waals surface area (Å²) in [5, 5.41) is 0. The summed E-state index contributed by atoms with van der Waals surface area (Å²) in [5.41, 5.74) is 0.816. The van der Waals surface area contributed by atoms with E-state index in [1.165, 1.54) is 0 Å². The van der Waals surface area contributed by atoms with Gasteiger partial charge < -0.3 is 4.74 Å². The van der Waals surface area contributed by atoms with E-state index in [1.54, 1.807) is 6.92 Å². The highest BCUT2D eigenvalue weighted by molar-refractivity contribution is 6.44. The lowest BCUT2D eigenvalue weighted by Crippen LogP contribution is -2.39. The summed E-state index contributed by atoms with van der Waals surface area (Å²) in [6.45, 7) is 2.54. The van der Waals surface area contributed by atoms with Crippen molar-refractivity contribution >= 4 is 17.8 Å². The molecule has 0 spiro atoms. The summed E-state index contributed by atoms with van der Waals surface area (Å²) in [6.07, 6.45) is 1.56. The van der Waals surface area contributed by atoms with E-state index in [4.69, 9.17) is 4.74 Å². The number of benzene rings is 1. The number of imide groups is 2. The van der Waals surface area contributed by atoms with Crippen LogP contribution in [0.15, 0.2) is 30.3 Å². The van der Waals surface area contributed by atoms with Crippen molar-refractivity contribution in [3.05, 3.63) is 35.9 Å². The minimum Gasteiger partial charge on any atom is -0.376 e. The first kappa shape index (κ1) is 14.7. The fourth-order valence-electron chi connectivity index (χ4n) is 2.90. The van der Waals surface area contributed by atoms with Gasteiger partial charge in [-0.3, -0.25) is 14.5 Å². The predicted molar refractivity (Wildman–Crippen MR) is 77.8 cm³/mol. The van der Waals surface area contributed by atoms with E-state index in [0.29, 0.717) is 6.61 Å². The van der Waals surface area contributed by atoms with Gasteiger partial charge in [-0.1, -0.05) is 30.3 Å². The van der Waals surface area contributed by atoms with Gasteiger partial charge in [0.25, 0.3) is 0 Å². The van der Waals surface area contributed by atoms with Gasteiger partial charge in [-0.25, -0.2) is 9.69 Å². The number of carbonyl (C=O) groups is 3. The molecule has 2 unspecified atom stereocenters. The second-order valence-corrected chi connectivity index (χ2v) is 5.60. The van der Waals surface area contributed by atoms with E-state index in [1.807, 2.05) is 30.3 Å². The van der Waals surface area contributed by atoms with Gasteiger partial charge in [0, 0.05) is 6.61 Å². The zero-order chi connectivity index (χ0) is 15.7. The molecule has 0 N–H and O–H groups in total. The molecule has 116 valence electrons. The van der Waals surface area contributed by atoms with Crippen LogP contribution in [0.25, 0.3) is 0 Å². The molecule has 6 heteroatoms. The summed E-state index contributed by atoms with van der Waals surface area (Å²) in [5.74, 6) is -1.53. The highest BCUT2D eigenvalue weighted by Gasteiger charge is 2.47. The number of nitrogens with zero attached hydrogens (tertiary/aromatic N) is 2. The predicted octanol–water partition coefficient (Wildman–Crippen LogP) is 1.72. The molecule has 2 fully saturated rings. The molecule has 0 bridgehead atoms. The van der Waals surface area contributed by atoms with Gasteiger partial charge in [-0.15, -0.1) is 0 Å². The molecule has 2 aliphatic rings. The van der Waals surface area contributed by atoms with Gasteiger partial charge in [0.05, 0.1) is 18.7 Å². The Labute approximate surface area is 128 Å². The lowest BCUT2D eigenvalue weighted by atomic mass is 10.1. The first-order valence-corrected chi connectivity index (χ1v) is 7.45. The Kier molecular flexibility index (Phi) is 3.94. The molecule has 0 radical (unpaired) electrons. The molecule has 1 aromatic carbocycles. The normalized spacial score (nSPS) is 23.5. The molecule has 2 aliphatic heterocycles. The molecular weight excluding hydrogens is 284 g/mol. The van der Waals surface area contributed by atoms with Gasteiger partial charge in [0.1, 0.15) is 0 Å². The summed E-state index contributed by atoms with van der Waals surface area (Å²) < 4.78 is 5.45. The van der Waals surface area contributed by atoms with Crippen molar-refractivity contribution in [1.82, 2.24) is 9.80 Å². The van der Waals surface area contributed by atoms with Crippen LogP contribution in [0.2, 0.25) is 0 Å². The molecule has 4 amide bonds. The third kappa shape index (κ3) is 2.50. The number of urea groups is 1. The Hall–Kier alpha value is -2.21. The van der Waals surface area contributed by atoms with Gasteiger partial charge in [0.2, 0.25) is 0 Å². The number of hydrogen-bond acceptors (Lipinski definition) is 4. The zero-order valence-electron chi connectivity index (χ0n) is 12.4. The Balaban J connectivity index is 1.79. The van der Waals surface area contributed by atoms with Gasteiger partial charge in [-0.05, 0) is 25.3 Å². The number of rotatable bonds is 4. The van der Waals surface area contributed by atoms with Crippen LogP contribution in [0, 0.1) is 0 Å². The van der Waals surface area contributed by atoms with Gasteiger partial charge >= 0.3 is 17.8 Å². The number of ether oxygens (including phenoxy) is 1. The first-order chi connectivity index (χ1) is 10.6. The van der Waals surface area contributed by atoms with Crippen molar-refractivity contribution in [3.8, 4) is 0 Å². The van der Waals surface area contributed by atoms with Crippen LogP contribution < -0.4 is 0 Å². The maximum absolute atomic E-state index is 12.5. The molecule has 0 saturated carbocycles. The first-order valence-electron chi connectivity index (χ1n) is 7.45. The van der Waals surface area contributed by atoms with Crippen LogP contribution in [0.1, 0.15) is 31.4 Å². The van der Waals surface area contributed by atoms with E-state index in [0.717, 1.165) is 28.2 Å². The van der Waals surface area contributed by atoms with E-state index in [9.17, 15) is 14.4 Å². The van der Waals surface area contributed by atoms with Crippen LogP contribution in [0.4, 0.5) is 4.79 Å². The highest BCUT2D eigenvalue weighted by atomic mass is 16.5. The largest absolute Gasteiger partial charge is 0.376 e. The van der Waals surface area contributed by atoms with Crippen molar-refractivity contribution in [1.29, 1.82) is 0 Å². The molecule has 3 rings (SSSR count). The second-order valence-electron chi connectivity index (χ2n) is 5.60. The Morgan fingerprint density at radius 3 is 2.55 bits per heavy atom. The molecule has 2 atom stereocenters. The Morgan fingerprint density at radius 2 is 1.91 bits per heavy atom. The maximum atomic E-state index is 12.5. The maximum Gasteiger partial charge on any atom is 0.334 e. The number of amides is 4. The van der Waals surface area contributed by atoms with Crippen LogP contribution in [-0.2, 0) is 14.3 Å². The molecule has 6 nitrogen and oxygen atoms in total. The molecule has 1 aromatic rings. The second kappa shape index (κ2) is 5.88. The Bertz CT molecular complexity index is 595. The molecule has 0 aliphatic carbocycles. The summed E-state index contributed by atoms with van der Waals surface area (Å²) >= 11 is 0. The van der Waals surface area contributed by atoms with Crippen molar-refractivity contribution in [2.24, 2.45) is 0 Å². The van der Waals surface area contributed by atoms with Gasteiger partial charge in [0.15, 0.2) is 0 Å². The average molecular weight is 302 g/mol. The van der Waals surface area contributed by atoms with Crippen LogP contribution >= 0.6 is 0 Å². The smallest absolute Gasteiger partial charge is 0.334 e. The van der Waals surface area contributed by atoms with E-state index >= 15 is 0 Å². The van der Waals surface area contributed by atoms with E-state index in [2.05, 4.69) is 0 Å². The van der Waals surface area contributed by atoms with Crippen molar-refractivity contribution < 1.29 is 19.1 Å². The zero-order valence-corrected chi connectivity index (χ0v) is 12.4. The SMILES string of the molecule is CC(c1ccccc1)N1C(=O)C(=O)N(CC2CCCO2)C1=O. The third-order valence-corrected chi connectivity index (χ3v) is 4.16. The third-order valence-electron chi connectivity index (χ3n) is 4.16. The molecule has 2 saturated heterocycles. The fraction of sp³-hybridized carbons (Fsp3) is 0.438. The minimum absolute atomic E-state index is 0.154. The highest BCUT2D eigenvalue weighted by Crippen LogP contribution is 2.27. The van der Waals surface area contributed by atoms with Crippen LogP contribution in [0.3, 0.4) is 0 Å². The van der Waals surface area contributed by atoms with Crippen molar-refractivity contribution in [2.45, 2.75) is 31.9 Å². The number of hydrogen-bond donors (Lipinski definition) is 0. The quantitative estimate of drug-likeness (QED) is 0.627. The lowest BCUT2D eigenvalue weighted by molar-refractivity contribution is -0.144. The fourth-order valence-corrected chi connectivity index (χ4v) is 2.90.